The number of thiazole rings is 1. The third-order valence-corrected chi connectivity index (χ3v) is 5.43. The molecule has 2 aromatic rings. The molecule has 1 fully saturated rings. The maximum atomic E-state index is 4.72. The molecular formula is C16H22N2S. The molecule has 3 rings (SSSR count). The number of nitrogens with zero attached hydrogens (tertiary/aromatic N) is 2. The van der Waals surface area contributed by atoms with Gasteiger partial charge in [0.1, 0.15) is 0 Å². The topological polar surface area (TPSA) is 16.1 Å². The zero-order chi connectivity index (χ0) is 13.4. The normalized spacial score (nSPS) is 18.5. The van der Waals surface area contributed by atoms with E-state index >= 15 is 0 Å². The number of aromatic nitrogens is 1. The molecule has 1 aliphatic heterocycles. The van der Waals surface area contributed by atoms with E-state index in [0.29, 0.717) is 5.92 Å². The molecule has 2 nitrogen and oxygen atoms in total. The van der Waals surface area contributed by atoms with Crippen LogP contribution in [0.3, 0.4) is 0 Å². The van der Waals surface area contributed by atoms with Crippen LogP contribution in [0.5, 0.6) is 0 Å². The summed E-state index contributed by atoms with van der Waals surface area (Å²) in [6.07, 6.45) is 2.58. The van der Waals surface area contributed by atoms with Crippen LogP contribution in [-0.4, -0.2) is 30.0 Å². The molecule has 3 heteroatoms. The van der Waals surface area contributed by atoms with Gasteiger partial charge in [-0.15, -0.1) is 11.3 Å². The van der Waals surface area contributed by atoms with Gasteiger partial charge in [-0.05, 0) is 56.6 Å². The van der Waals surface area contributed by atoms with Crippen LogP contribution in [0, 0.1) is 0 Å². The van der Waals surface area contributed by atoms with Crippen LogP contribution >= 0.6 is 11.3 Å². The molecule has 0 unspecified atom stereocenters. The second-order valence-electron chi connectivity index (χ2n) is 6.01. The lowest BCUT2D eigenvalue weighted by Gasteiger charge is -2.29. The van der Waals surface area contributed by atoms with Crippen molar-refractivity contribution >= 4 is 21.6 Å². The van der Waals surface area contributed by atoms with Crippen LogP contribution in [0.1, 0.15) is 49.1 Å². The summed E-state index contributed by atoms with van der Waals surface area (Å²) in [7, 11) is 2.22. The molecule has 102 valence electrons. The highest BCUT2D eigenvalue weighted by Gasteiger charge is 2.19. The first-order valence-electron chi connectivity index (χ1n) is 7.22. The molecule has 0 amide bonds. The van der Waals surface area contributed by atoms with Crippen LogP contribution in [0.15, 0.2) is 18.2 Å². The summed E-state index contributed by atoms with van der Waals surface area (Å²) in [5.74, 6) is 1.27. The van der Waals surface area contributed by atoms with Gasteiger partial charge in [-0.1, -0.05) is 19.9 Å². The second-order valence-corrected chi connectivity index (χ2v) is 7.07. The quantitative estimate of drug-likeness (QED) is 0.814. The molecule has 0 N–H and O–H groups in total. The molecule has 0 bridgehead atoms. The maximum absolute atomic E-state index is 4.72. The second kappa shape index (κ2) is 5.22. The summed E-state index contributed by atoms with van der Waals surface area (Å²) in [4.78, 5) is 7.15. The Bertz CT molecular complexity index is 565. The molecule has 1 aliphatic rings. The standard InChI is InChI=1S/C16H22N2S/c1-11(2)16-17-14-5-4-13(10-15(14)19-16)12-6-8-18(3)9-7-12/h4-5,10-12H,6-9H2,1-3H3. The largest absolute Gasteiger partial charge is 0.306 e. The lowest BCUT2D eigenvalue weighted by Crippen LogP contribution is -2.29. The van der Waals surface area contributed by atoms with E-state index in [2.05, 4.69) is 44.0 Å². The first-order chi connectivity index (χ1) is 9.13. The molecule has 2 heterocycles. The summed E-state index contributed by atoms with van der Waals surface area (Å²) >= 11 is 1.86. The maximum Gasteiger partial charge on any atom is 0.0963 e. The van der Waals surface area contributed by atoms with Crippen molar-refractivity contribution in [2.45, 2.75) is 38.5 Å². The highest BCUT2D eigenvalue weighted by atomic mass is 32.1. The zero-order valence-corrected chi connectivity index (χ0v) is 12.8. The minimum atomic E-state index is 0.532. The van der Waals surface area contributed by atoms with Crippen molar-refractivity contribution in [3.05, 3.63) is 28.8 Å². The van der Waals surface area contributed by atoms with Gasteiger partial charge < -0.3 is 4.90 Å². The van der Waals surface area contributed by atoms with Gasteiger partial charge in [0.15, 0.2) is 0 Å². The van der Waals surface area contributed by atoms with E-state index < -0.39 is 0 Å². The van der Waals surface area contributed by atoms with E-state index in [1.807, 2.05) is 11.3 Å². The van der Waals surface area contributed by atoms with Crippen molar-refractivity contribution in [1.29, 1.82) is 0 Å². The van der Waals surface area contributed by atoms with Gasteiger partial charge in [-0.25, -0.2) is 4.98 Å². The Hall–Kier alpha value is -0.930. The van der Waals surface area contributed by atoms with E-state index in [1.54, 1.807) is 0 Å². The van der Waals surface area contributed by atoms with Crippen molar-refractivity contribution in [3.63, 3.8) is 0 Å². The van der Waals surface area contributed by atoms with Crippen LogP contribution in [-0.2, 0) is 0 Å². The molecular weight excluding hydrogens is 252 g/mol. The molecule has 19 heavy (non-hydrogen) atoms. The van der Waals surface area contributed by atoms with Crippen molar-refractivity contribution in [2.75, 3.05) is 20.1 Å². The van der Waals surface area contributed by atoms with Gasteiger partial charge >= 0.3 is 0 Å². The Morgan fingerprint density at radius 3 is 2.68 bits per heavy atom. The highest BCUT2D eigenvalue weighted by Crippen LogP contribution is 2.33. The van der Waals surface area contributed by atoms with Gasteiger partial charge in [0.05, 0.1) is 15.2 Å². The number of hydrogen-bond acceptors (Lipinski definition) is 3. The van der Waals surface area contributed by atoms with E-state index in [-0.39, 0.29) is 0 Å². The van der Waals surface area contributed by atoms with Crippen LogP contribution < -0.4 is 0 Å². The first-order valence-corrected chi connectivity index (χ1v) is 8.04. The van der Waals surface area contributed by atoms with Gasteiger partial charge in [0.25, 0.3) is 0 Å². The average Bonchev–Trinajstić information content (AvgIpc) is 2.82. The average molecular weight is 274 g/mol. The summed E-state index contributed by atoms with van der Waals surface area (Å²) in [6, 6.07) is 6.89. The number of likely N-dealkylation sites (tertiary alicyclic amines) is 1. The fourth-order valence-electron chi connectivity index (χ4n) is 2.80. The van der Waals surface area contributed by atoms with Crippen molar-refractivity contribution in [3.8, 4) is 0 Å². The third-order valence-electron chi connectivity index (χ3n) is 4.11. The minimum absolute atomic E-state index is 0.532. The summed E-state index contributed by atoms with van der Waals surface area (Å²) in [6.45, 7) is 6.89. The van der Waals surface area contributed by atoms with Crippen LogP contribution in [0.25, 0.3) is 10.2 Å². The predicted molar refractivity (Wildman–Crippen MR) is 83.2 cm³/mol. The summed E-state index contributed by atoms with van der Waals surface area (Å²) in [5, 5.41) is 1.26. The Labute approximate surface area is 119 Å². The van der Waals surface area contributed by atoms with E-state index in [0.717, 1.165) is 5.92 Å². The first kappa shape index (κ1) is 13.1. The molecule has 1 aromatic heterocycles. The number of fused-ring (bicyclic) bond motifs is 1. The Morgan fingerprint density at radius 2 is 2.00 bits per heavy atom. The fraction of sp³-hybridized carbons (Fsp3) is 0.562. The molecule has 0 aliphatic carbocycles. The van der Waals surface area contributed by atoms with Gasteiger partial charge in [0, 0.05) is 5.92 Å². The number of hydrogen-bond donors (Lipinski definition) is 0. The molecule has 0 spiro atoms. The monoisotopic (exact) mass is 274 g/mol. The number of piperidine rings is 1. The van der Waals surface area contributed by atoms with Crippen LogP contribution in [0.4, 0.5) is 0 Å². The number of benzene rings is 1. The molecule has 0 atom stereocenters. The summed E-state index contributed by atoms with van der Waals surface area (Å²) in [5.41, 5.74) is 2.69. The lowest BCUT2D eigenvalue weighted by atomic mass is 9.90. The smallest absolute Gasteiger partial charge is 0.0963 e. The highest BCUT2D eigenvalue weighted by molar-refractivity contribution is 7.18. The Kier molecular flexibility index (Phi) is 3.59. The van der Waals surface area contributed by atoms with Crippen molar-refractivity contribution in [1.82, 2.24) is 9.88 Å². The van der Waals surface area contributed by atoms with Crippen molar-refractivity contribution in [2.24, 2.45) is 0 Å². The number of rotatable bonds is 2. The molecule has 0 saturated carbocycles. The molecule has 1 saturated heterocycles. The van der Waals surface area contributed by atoms with E-state index in [4.69, 9.17) is 4.98 Å². The van der Waals surface area contributed by atoms with Gasteiger partial charge in [0.2, 0.25) is 0 Å². The predicted octanol–water partition coefficient (Wildman–Crippen LogP) is 4.23. The molecule has 0 radical (unpaired) electrons. The van der Waals surface area contributed by atoms with Crippen molar-refractivity contribution < 1.29 is 0 Å². The molecule has 1 aromatic carbocycles. The Balaban J connectivity index is 1.88. The minimum Gasteiger partial charge on any atom is -0.306 e. The van der Waals surface area contributed by atoms with Crippen LogP contribution in [0.2, 0.25) is 0 Å². The fourth-order valence-corrected chi connectivity index (χ4v) is 3.82. The van der Waals surface area contributed by atoms with E-state index in [1.165, 1.54) is 46.7 Å². The SMILES string of the molecule is CC(C)c1nc2ccc(C3CCN(C)CC3)cc2s1. The third kappa shape index (κ3) is 2.67. The van der Waals surface area contributed by atoms with E-state index in [9.17, 15) is 0 Å². The van der Waals surface area contributed by atoms with Gasteiger partial charge in [-0.3, -0.25) is 0 Å². The lowest BCUT2D eigenvalue weighted by molar-refractivity contribution is 0.255. The zero-order valence-electron chi connectivity index (χ0n) is 12.0. The van der Waals surface area contributed by atoms with Gasteiger partial charge in [-0.2, -0.15) is 0 Å². The summed E-state index contributed by atoms with van der Waals surface area (Å²) < 4.78 is 1.36. The Morgan fingerprint density at radius 1 is 1.26 bits per heavy atom.